The van der Waals surface area contributed by atoms with Crippen LogP contribution < -0.4 is 10.6 Å². The summed E-state index contributed by atoms with van der Waals surface area (Å²) in [5, 5.41) is 17.0. The minimum absolute atomic E-state index is 0.0824. The van der Waals surface area contributed by atoms with Gasteiger partial charge in [-0.05, 0) is 35.2 Å². The van der Waals surface area contributed by atoms with E-state index in [1.165, 1.54) is 11.3 Å². The smallest absolute Gasteiger partial charge is 0.324 e. The van der Waals surface area contributed by atoms with Crippen molar-refractivity contribution in [2.24, 2.45) is 0 Å². The number of carbonyl (C=O) groups excluding carboxylic acids is 2. The van der Waals surface area contributed by atoms with E-state index in [2.05, 4.69) is 10.6 Å². The number of hydrogen-bond acceptors (Lipinski definition) is 4. The SMILES string of the molecule is O=CCC(C(=O)O)c1ccc(NC(=O)Nc2cccs2)cc1. The van der Waals surface area contributed by atoms with Gasteiger partial charge < -0.3 is 15.2 Å². The highest BCUT2D eigenvalue weighted by molar-refractivity contribution is 7.14. The van der Waals surface area contributed by atoms with Gasteiger partial charge in [0.1, 0.15) is 6.29 Å². The van der Waals surface area contributed by atoms with Crippen molar-refractivity contribution in [3.8, 4) is 0 Å². The number of nitrogens with one attached hydrogen (secondary N) is 2. The molecule has 0 aliphatic heterocycles. The minimum atomic E-state index is -1.05. The number of carboxylic acids is 1. The molecule has 0 aliphatic carbocycles. The summed E-state index contributed by atoms with van der Waals surface area (Å²) < 4.78 is 0. The third-order valence-corrected chi connectivity index (χ3v) is 3.74. The van der Waals surface area contributed by atoms with E-state index in [0.29, 0.717) is 17.5 Å². The van der Waals surface area contributed by atoms with E-state index in [1.54, 1.807) is 30.3 Å². The molecular weight excluding hydrogens is 304 g/mol. The van der Waals surface area contributed by atoms with E-state index in [1.807, 2.05) is 11.4 Å². The van der Waals surface area contributed by atoms with Crippen molar-refractivity contribution in [3.63, 3.8) is 0 Å². The lowest BCUT2D eigenvalue weighted by atomic mass is 9.96. The Bertz CT molecular complexity index is 653. The first kappa shape index (κ1) is 15.7. The normalized spacial score (nSPS) is 11.5. The molecule has 2 rings (SSSR count). The van der Waals surface area contributed by atoms with Crippen LogP contribution in [0.4, 0.5) is 15.5 Å². The number of benzene rings is 1. The number of carbonyl (C=O) groups is 3. The number of urea groups is 1. The molecule has 114 valence electrons. The molecule has 0 saturated carbocycles. The van der Waals surface area contributed by atoms with E-state index in [-0.39, 0.29) is 12.5 Å². The number of aldehydes is 1. The molecule has 2 aromatic rings. The predicted molar refractivity (Wildman–Crippen MR) is 84.5 cm³/mol. The second-order valence-corrected chi connectivity index (χ2v) is 5.42. The first-order chi connectivity index (χ1) is 10.6. The van der Waals surface area contributed by atoms with Crippen LogP contribution in [0, 0.1) is 0 Å². The largest absolute Gasteiger partial charge is 0.481 e. The molecule has 6 nitrogen and oxygen atoms in total. The summed E-state index contributed by atoms with van der Waals surface area (Å²) >= 11 is 1.41. The highest BCUT2D eigenvalue weighted by Crippen LogP contribution is 2.21. The van der Waals surface area contributed by atoms with E-state index in [9.17, 15) is 14.4 Å². The van der Waals surface area contributed by atoms with Gasteiger partial charge in [0.15, 0.2) is 0 Å². The molecule has 0 fully saturated rings. The second kappa shape index (κ2) is 7.37. The number of thiophene rings is 1. The molecule has 1 aromatic carbocycles. The average molecular weight is 318 g/mol. The van der Waals surface area contributed by atoms with E-state index in [4.69, 9.17) is 5.11 Å². The predicted octanol–water partition coefficient (Wildman–Crippen LogP) is 3.15. The van der Waals surface area contributed by atoms with Crippen LogP contribution in [-0.4, -0.2) is 23.4 Å². The van der Waals surface area contributed by atoms with Gasteiger partial charge in [0.05, 0.1) is 10.9 Å². The third kappa shape index (κ3) is 4.16. The summed E-state index contributed by atoms with van der Waals surface area (Å²) in [7, 11) is 0. The van der Waals surface area contributed by atoms with Crippen molar-refractivity contribution in [3.05, 3.63) is 47.3 Å². The minimum Gasteiger partial charge on any atom is -0.481 e. The van der Waals surface area contributed by atoms with Crippen LogP contribution in [0.2, 0.25) is 0 Å². The number of anilines is 2. The summed E-state index contributed by atoms with van der Waals surface area (Å²) in [4.78, 5) is 33.4. The zero-order valence-electron chi connectivity index (χ0n) is 11.5. The van der Waals surface area contributed by atoms with Crippen LogP contribution in [0.15, 0.2) is 41.8 Å². The second-order valence-electron chi connectivity index (χ2n) is 4.47. The molecule has 1 heterocycles. The van der Waals surface area contributed by atoms with Crippen molar-refractivity contribution in [1.29, 1.82) is 0 Å². The monoisotopic (exact) mass is 318 g/mol. The van der Waals surface area contributed by atoms with E-state index in [0.717, 1.165) is 5.00 Å². The standard InChI is InChI=1S/C15H14N2O4S/c18-8-7-12(14(19)20)10-3-5-11(6-4-10)16-15(21)17-13-2-1-9-22-13/h1-6,8-9,12H,7H2,(H,19,20)(H2,16,17,21). The average Bonchev–Trinajstić information content (AvgIpc) is 2.98. The van der Waals surface area contributed by atoms with Gasteiger partial charge in [-0.3, -0.25) is 10.1 Å². The quantitative estimate of drug-likeness (QED) is 0.713. The van der Waals surface area contributed by atoms with Crippen molar-refractivity contribution in [2.45, 2.75) is 12.3 Å². The fourth-order valence-corrected chi connectivity index (χ4v) is 2.51. The van der Waals surface area contributed by atoms with Crippen LogP contribution >= 0.6 is 11.3 Å². The molecule has 3 N–H and O–H groups in total. The highest BCUT2D eigenvalue weighted by Gasteiger charge is 2.19. The molecule has 0 saturated heterocycles. The van der Waals surface area contributed by atoms with Gasteiger partial charge >= 0.3 is 12.0 Å². The Morgan fingerprint density at radius 1 is 1.18 bits per heavy atom. The van der Waals surface area contributed by atoms with Gasteiger partial charge in [0.2, 0.25) is 0 Å². The Morgan fingerprint density at radius 2 is 1.91 bits per heavy atom. The number of rotatable bonds is 6. The summed E-state index contributed by atoms with van der Waals surface area (Å²) in [6.45, 7) is 0. The molecule has 0 bridgehead atoms. The molecule has 1 aromatic heterocycles. The topological polar surface area (TPSA) is 95.5 Å². The lowest BCUT2D eigenvalue weighted by Gasteiger charge is -2.11. The third-order valence-electron chi connectivity index (χ3n) is 2.96. The Kier molecular flexibility index (Phi) is 5.26. The van der Waals surface area contributed by atoms with Gasteiger partial charge in [-0.15, -0.1) is 11.3 Å². The molecule has 0 radical (unpaired) electrons. The van der Waals surface area contributed by atoms with Crippen molar-refractivity contribution in [1.82, 2.24) is 0 Å². The molecule has 1 atom stereocenters. The van der Waals surface area contributed by atoms with Gasteiger partial charge in [0, 0.05) is 12.1 Å². The van der Waals surface area contributed by atoms with Crippen LogP contribution in [-0.2, 0) is 9.59 Å². The molecule has 7 heteroatoms. The fourth-order valence-electron chi connectivity index (χ4n) is 1.90. The van der Waals surface area contributed by atoms with E-state index < -0.39 is 11.9 Å². The molecule has 2 amide bonds. The van der Waals surface area contributed by atoms with Crippen LogP contribution in [0.3, 0.4) is 0 Å². The van der Waals surface area contributed by atoms with Crippen LogP contribution in [0.1, 0.15) is 17.9 Å². The zero-order valence-corrected chi connectivity index (χ0v) is 12.3. The van der Waals surface area contributed by atoms with Gasteiger partial charge in [-0.2, -0.15) is 0 Å². The van der Waals surface area contributed by atoms with Gasteiger partial charge in [0.25, 0.3) is 0 Å². The first-order valence-corrected chi connectivity index (χ1v) is 7.36. The summed E-state index contributed by atoms with van der Waals surface area (Å²) in [6, 6.07) is 9.61. The molecular formula is C15H14N2O4S. The van der Waals surface area contributed by atoms with Crippen LogP contribution in [0.25, 0.3) is 0 Å². The van der Waals surface area contributed by atoms with Gasteiger partial charge in [-0.25, -0.2) is 4.79 Å². The number of amides is 2. The molecule has 1 unspecified atom stereocenters. The maximum atomic E-state index is 11.8. The molecule has 0 spiro atoms. The molecule has 22 heavy (non-hydrogen) atoms. The Morgan fingerprint density at radius 3 is 2.45 bits per heavy atom. The van der Waals surface area contributed by atoms with E-state index >= 15 is 0 Å². The maximum Gasteiger partial charge on any atom is 0.324 e. The lowest BCUT2D eigenvalue weighted by molar-refractivity contribution is -0.139. The summed E-state index contributed by atoms with van der Waals surface area (Å²) in [5.41, 5.74) is 1.05. The van der Waals surface area contributed by atoms with Crippen molar-refractivity contribution >= 4 is 40.3 Å². The zero-order chi connectivity index (χ0) is 15.9. The highest BCUT2D eigenvalue weighted by atomic mass is 32.1. The van der Waals surface area contributed by atoms with Crippen molar-refractivity contribution in [2.75, 3.05) is 10.6 Å². The maximum absolute atomic E-state index is 11.8. The Balaban J connectivity index is 2.00. The summed E-state index contributed by atoms with van der Waals surface area (Å²) in [6.07, 6.45) is 0.500. The molecule has 0 aliphatic rings. The van der Waals surface area contributed by atoms with Crippen molar-refractivity contribution < 1.29 is 19.5 Å². The first-order valence-electron chi connectivity index (χ1n) is 6.48. The Hall–Kier alpha value is -2.67. The Labute approximate surface area is 130 Å². The summed E-state index contributed by atoms with van der Waals surface area (Å²) in [5.74, 6) is -1.92. The number of aliphatic carboxylic acids is 1. The fraction of sp³-hybridized carbons (Fsp3) is 0.133. The van der Waals surface area contributed by atoms with Gasteiger partial charge in [-0.1, -0.05) is 12.1 Å². The number of carboxylic acid groups (broad SMARTS) is 1. The lowest BCUT2D eigenvalue weighted by Crippen LogP contribution is -2.18. The number of hydrogen-bond donors (Lipinski definition) is 3. The van der Waals surface area contributed by atoms with Crippen LogP contribution in [0.5, 0.6) is 0 Å².